The molecule has 0 aliphatic carbocycles. The zero-order chi connectivity index (χ0) is 26.5. The first-order valence-electron chi connectivity index (χ1n) is 11.8. The Morgan fingerprint density at radius 1 is 0.500 bits per heavy atom. The predicted octanol–water partition coefficient (Wildman–Crippen LogP) is 3.31. The summed E-state index contributed by atoms with van der Waals surface area (Å²) in [5.41, 5.74) is 0.935. The SMILES string of the molecule is O=C(COC(=O)c1ccc(C(=O)OCC(=O)c2ccc3c(c2)OCCO3)cc1)c1ccc2c(c1)OCCO2. The number of ketones is 2. The minimum absolute atomic E-state index is 0.142. The van der Waals surface area contributed by atoms with Gasteiger partial charge in [-0.3, -0.25) is 9.59 Å². The largest absolute Gasteiger partial charge is 0.486 e. The molecular formula is C28H22O10. The molecule has 0 aromatic heterocycles. The number of esters is 2. The summed E-state index contributed by atoms with van der Waals surface area (Å²) in [4.78, 5) is 49.6. The van der Waals surface area contributed by atoms with Crippen LogP contribution in [0.2, 0.25) is 0 Å². The Labute approximate surface area is 217 Å². The van der Waals surface area contributed by atoms with Crippen molar-refractivity contribution in [2.75, 3.05) is 39.6 Å². The molecule has 2 aliphatic rings. The van der Waals surface area contributed by atoms with Gasteiger partial charge in [0, 0.05) is 11.1 Å². The second-order valence-electron chi connectivity index (χ2n) is 8.29. The fraction of sp³-hybridized carbons (Fsp3) is 0.214. The average Bonchev–Trinajstić information content (AvgIpc) is 2.97. The van der Waals surface area contributed by atoms with Crippen LogP contribution in [0.15, 0.2) is 60.7 Å². The molecule has 10 heteroatoms. The van der Waals surface area contributed by atoms with Gasteiger partial charge < -0.3 is 28.4 Å². The minimum atomic E-state index is -0.732. The Bertz CT molecular complexity index is 1290. The van der Waals surface area contributed by atoms with Gasteiger partial charge in [0.1, 0.15) is 26.4 Å². The third-order valence-electron chi connectivity index (χ3n) is 5.75. The number of fused-ring (bicyclic) bond motifs is 2. The lowest BCUT2D eigenvalue weighted by molar-refractivity contribution is 0.0467. The van der Waals surface area contributed by atoms with Crippen molar-refractivity contribution in [1.29, 1.82) is 0 Å². The highest BCUT2D eigenvalue weighted by atomic mass is 16.6. The van der Waals surface area contributed by atoms with Crippen LogP contribution in [0.4, 0.5) is 0 Å². The summed E-state index contributed by atoms with van der Waals surface area (Å²) in [5.74, 6) is -0.245. The summed E-state index contributed by atoms with van der Waals surface area (Å²) in [6.45, 7) is 0.717. The maximum absolute atomic E-state index is 12.4. The Balaban J connectivity index is 1.11. The van der Waals surface area contributed by atoms with Gasteiger partial charge in [0.25, 0.3) is 0 Å². The van der Waals surface area contributed by atoms with Crippen molar-refractivity contribution in [3.63, 3.8) is 0 Å². The van der Waals surface area contributed by atoms with E-state index < -0.39 is 36.7 Å². The normalized spacial score (nSPS) is 13.3. The van der Waals surface area contributed by atoms with Crippen LogP contribution in [-0.2, 0) is 9.47 Å². The van der Waals surface area contributed by atoms with Crippen molar-refractivity contribution in [1.82, 2.24) is 0 Å². The molecule has 10 nitrogen and oxygen atoms in total. The van der Waals surface area contributed by atoms with Crippen molar-refractivity contribution in [2.24, 2.45) is 0 Å². The molecule has 0 N–H and O–H groups in total. The van der Waals surface area contributed by atoms with E-state index in [0.29, 0.717) is 60.6 Å². The first-order chi connectivity index (χ1) is 18.5. The number of benzene rings is 3. The first-order valence-corrected chi connectivity index (χ1v) is 11.8. The van der Waals surface area contributed by atoms with Gasteiger partial charge in [0.05, 0.1) is 11.1 Å². The van der Waals surface area contributed by atoms with E-state index in [2.05, 4.69) is 0 Å². The fourth-order valence-corrected chi connectivity index (χ4v) is 3.77. The number of carbonyl (C=O) groups is 4. The van der Waals surface area contributed by atoms with E-state index in [1.807, 2.05) is 0 Å². The molecular weight excluding hydrogens is 496 g/mol. The molecule has 5 rings (SSSR count). The smallest absolute Gasteiger partial charge is 0.338 e. The molecule has 194 valence electrons. The zero-order valence-electron chi connectivity index (χ0n) is 20.1. The van der Waals surface area contributed by atoms with E-state index in [4.69, 9.17) is 28.4 Å². The molecule has 0 amide bonds. The summed E-state index contributed by atoms with van der Waals surface area (Å²) in [7, 11) is 0. The molecule has 38 heavy (non-hydrogen) atoms. The van der Waals surface area contributed by atoms with Crippen LogP contribution >= 0.6 is 0 Å². The Hall–Kier alpha value is -4.86. The maximum atomic E-state index is 12.4. The van der Waals surface area contributed by atoms with Crippen LogP contribution in [0, 0.1) is 0 Å². The van der Waals surface area contributed by atoms with Gasteiger partial charge in [0.15, 0.2) is 47.8 Å². The van der Waals surface area contributed by atoms with Crippen LogP contribution in [0.25, 0.3) is 0 Å². The molecule has 0 radical (unpaired) electrons. The molecule has 0 spiro atoms. The third-order valence-corrected chi connectivity index (χ3v) is 5.75. The second-order valence-corrected chi connectivity index (χ2v) is 8.29. The number of rotatable bonds is 8. The van der Waals surface area contributed by atoms with E-state index >= 15 is 0 Å². The molecule has 0 fully saturated rings. The third kappa shape index (κ3) is 5.59. The molecule has 2 aliphatic heterocycles. The summed E-state index contributed by atoms with van der Waals surface area (Å²) >= 11 is 0. The van der Waals surface area contributed by atoms with Gasteiger partial charge >= 0.3 is 11.9 Å². The van der Waals surface area contributed by atoms with Gasteiger partial charge in [-0.05, 0) is 60.7 Å². The number of Topliss-reactive ketones (excluding diaryl/α,β-unsaturated/α-hetero) is 2. The topological polar surface area (TPSA) is 124 Å². The predicted molar refractivity (Wildman–Crippen MR) is 131 cm³/mol. The average molecular weight is 518 g/mol. The van der Waals surface area contributed by atoms with Gasteiger partial charge in [-0.1, -0.05) is 0 Å². The Kier molecular flexibility index (Phi) is 7.21. The summed E-state index contributed by atoms with van der Waals surface area (Å²) in [6, 6.07) is 15.0. The number of ether oxygens (including phenoxy) is 6. The van der Waals surface area contributed by atoms with E-state index in [0.717, 1.165) is 0 Å². The van der Waals surface area contributed by atoms with Crippen LogP contribution in [-0.4, -0.2) is 63.1 Å². The molecule has 3 aromatic carbocycles. The molecule has 3 aromatic rings. The van der Waals surface area contributed by atoms with Gasteiger partial charge in [-0.25, -0.2) is 9.59 Å². The lowest BCUT2D eigenvalue weighted by Gasteiger charge is -2.18. The Morgan fingerprint density at radius 3 is 1.24 bits per heavy atom. The lowest BCUT2D eigenvalue weighted by Crippen LogP contribution is -2.18. The highest BCUT2D eigenvalue weighted by Gasteiger charge is 2.19. The van der Waals surface area contributed by atoms with Crippen LogP contribution < -0.4 is 18.9 Å². The molecule has 0 saturated carbocycles. The summed E-state index contributed by atoms with van der Waals surface area (Å²) in [5, 5.41) is 0. The number of hydrogen-bond acceptors (Lipinski definition) is 10. The molecule has 0 atom stereocenters. The van der Waals surface area contributed by atoms with E-state index in [1.54, 1.807) is 36.4 Å². The number of hydrogen-bond donors (Lipinski definition) is 0. The van der Waals surface area contributed by atoms with Crippen molar-refractivity contribution >= 4 is 23.5 Å². The van der Waals surface area contributed by atoms with Crippen molar-refractivity contribution in [3.8, 4) is 23.0 Å². The van der Waals surface area contributed by atoms with Crippen molar-refractivity contribution < 1.29 is 47.6 Å². The molecule has 0 bridgehead atoms. The number of carbonyl (C=O) groups excluding carboxylic acids is 4. The van der Waals surface area contributed by atoms with Crippen LogP contribution in [0.3, 0.4) is 0 Å². The monoisotopic (exact) mass is 518 g/mol. The van der Waals surface area contributed by atoms with E-state index in [1.165, 1.54) is 24.3 Å². The molecule has 0 saturated heterocycles. The second kappa shape index (κ2) is 11.0. The minimum Gasteiger partial charge on any atom is -0.486 e. The van der Waals surface area contributed by atoms with Gasteiger partial charge in [-0.2, -0.15) is 0 Å². The van der Waals surface area contributed by atoms with Crippen LogP contribution in [0.1, 0.15) is 41.4 Å². The van der Waals surface area contributed by atoms with Crippen molar-refractivity contribution in [3.05, 3.63) is 82.9 Å². The standard InChI is InChI=1S/C28H22O10/c29-21(19-5-7-23-25(13-19)35-11-9-33-23)15-37-27(31)17-1-2-18(4-3-17)28(32)38-16-22(30)20-6-8-24-26(14-20)36-12-10-34-24/h1-8,13-14H,9-12,15-16H2. The van der Waals surface area contributed by atoms with Gasteiger partial charge in [0.2, 0.25) is 0 Å². The zero-order valence-corrected chi connectivity index (χ0v) is 20.1. The molecule has 2 heterocycles. The Morgan fingerprint density at radius 2 is 0.842 bits per heavy atom. The highest BCUT2D eigenvalue weighted by molar-refractivity contribution is 6.01. The quantitative estimate of drug-likeness (QED) is 0.324. The van der Waals surface area contributed by atoms with Gasteiger partial charge in [-0.15, -0.1) is 0 Å². The fourth-order valence-electron chi connectivity index (χ4n) is 3.77. The highest BCUT2D eigenvalue weighted by Crippen LogP contribution is 2.32. The summed E-state index contributed by atoms with van der Waals surface area (Å²) < 4.78 is 32.0. The lowest BCUT2D eigenvalue weighted by atomic mass is 10.1. The first kappa shape index (κ1) is 24.8. The van der Waals surface area contributed by atoms with Crippen LogP contribution in [0.5, 0.6) is 23.0 Å². The van der Waals surface area contributed by atoms with E-state index in [-0.39, 0.29) is 11.1 Å². The molecule has 0 unspecified atom stereocenters. The van der Waals surface area contributed by atoms with Crippen molar-refractivity contribution in [2.45, 2.75) is 0 Å². The van der Waals surface area contributed by atoms with E-state index in [9.17, 15) is 19.2 Å². The summed E-state index contributed by atoms with van der Waals surface area (Å²) in [6.07, 6.45) is 0. The maximum Gasteiger partial charge on any atom is 0.338 e.